The molecule has 1 rings (SSSR count). The van der Waals surface area contributed by atoms with E-state index in [-0.39, 0.29) is 5.25 Å². The van der Waals surface area contributed by atoms with E-state index in [2.05, 4.69) is 6.07 Å². The highest BCUT2D eigenvalue weighted by molar-refractivity contribution is 7.98. The molecule has 0 aliphatic carbocycles. The van der Waals surface area contributed by atoms with Crippen LogP contribution in [0, 0.1) is 11.3 Å². The summed E-state index contributed by atoms with van der Waals surface area (Å²) in [7, 11) is 0. The largest absolute Gasteiger partial charge is 0.399 e. The molecule has 0 saturated heterocycles. The highest BCUT2D eigenvalue weighted by atomic mass is 32.2. The van der Waals surface area contributed by atoms with Crippen LogP contribution in [0.1, 0.15) is 17.2 Å². The minimum absolute atomic E-state index is 0.244. The van der Waals surface area contributed by atoms with Gasteiger partial charge in [0, 0.05) is 10.9 Å². The van der Waals surface area contributed by atoms with Crippen LogP contribution in [0.4, 0.5) is 5.69 Å². The van der Waals surface area contributed by atoms with Crippen molar-refractivity contribution in [1.82, 2.24) is 0 Å². The first kappa shape index (κ1) is 9.94. The fraction of sp³-hybridized carbons (Fsp3) is 0.300. The second-order valence-corrected chi connectivity index (χ2v) is 3.80. The quantitative estimate of drug-likeness (QED) is 0.749. The average Bonchev–Trinajstić information content (AvgIpc) is 2.14. The maximum absolute atomic E-state index is 8.60. The summed E-state index contributed by atoms with van der Waals surface area (Å²) >= 11 is 1.68. The van der Waals surface area contributed by atoms with Gasteiger partial charge in [-0.2, -0.15) is 17.0 Å². The molecule has 0 amide bonds. The average molecular weight is 192 g/mol. The molecule has 0 spiro atoms. The van der Waals surface area contributed by atoms with Crippen LogP contribution in [0.3, 0.4) is 0 Å². The lowest BCUT2D eigenvalue weighted by atomic mass is 10.1. The van der Waals surface area contributed by atoms with Crippen LogP contribution in [0.5, 0.6) is 0 Å². The fourth-order valence-electron chi connectivity index (χ4n) is 1.18. The number of benzene rings is 1. The standard InChI is InChI=1S/C10H12N2S/c1-13-10(5-6-11)8-3-2-4-9(12)7-8/h2-4,7,10H,5,12H2,1H3. The molecule has 0 bridgehead atoms. The van der Waals surface area contributed by atoms with Gasteiger partial charge in [0.05, 0.1) is 12.5 Å². The van der Waals surface area contributed by atoms with Gasteiger partial charge in [0.25, 0.3) is 0 Å². The van der Waals surface area contributed by atoms with Crippen molar-refractivity contribution in [1.29, 1.82) is 5.26 Å². The molecular formula is C10H12N2S. The van der Waals surface area contributed by atoms with E-state index < -0.39 is 0 Å². The second kappa shape index (κ2) is 4.78. The highest BCUT2D eigenvalue weighted by Crippen LogP contribution is 2.30. The monoisotopic (exact) mass is 192 g/mol. The minimum atomic E-state index is 0.244. The van der Waals surface area contributed by atoms with Gasteiger partial charge in [0.2, 0.25) is 0 Å². The summed E-state index contributed by atoms with van der Waals surface area (Å²) in [6, 6.07) is 9.89. The van der Waals surface area contributed by atoms with Gasteiger partial charge in [0.1, 0.15) is 0 Å². The molecule has 1 atom stereocenters. The van der Waals surface area contributed by atoms with Crippen LogP contribution < -0.4 is 5.73 Å². The fourth-order valence-corrected chi connectivity index (χ4v) is 1.84. The lowest BCUT2D eigenvalue weighted by Gasteiger charge is -2.10. The third-order valence-electron chi connectivity index (χ3n) is 1.84. The molecule has 0 aromatic heterocycles. The molecule has 0 heterocycles. The molecule has 68 valence electrons. The predicted molar refractivity (Wildman–Crippen MR) is 57.3 cm³/mol. The van der Waals surface area contributed by atoms with E-state index in [9.17, 15) is 0 Å². The van der Waals surface area contributed by atoms with Gasteiger partial charge < -0.3 is 5.73 Å². The van der Waals surface area contributed by atoms with Crippen LogP contribution in [-0.2, 0) is 0 Å². The van der Waals surface area contributed by atoms with Crippen molar-refractivity contribution in [3.63, 3.8) is 0 Å². The Bertz CT molecular complexity index is 317. The summed E-state index contributed by atoms with van der Waals surface area (Å²) in [6.07, 6.45) is 2.54. The molecule has 2 N–H and O–H groups in total. The third-order valence-corrected chi connectivity index (χ3v) is 2.85. The molecular weight excluding hydrogens is 180 g/mol. The van der Waals surface area contributed by atoms with Crippen LogP contribution in [0.15, 0.2) is 24.3 Å². The maximum Gasteiger partial charge on any atom is 0.0636 e. The van der Waals surface area contributed by atoms with Gasteiger partial charge in [-0.3, -0.25) is 0 Å². The van der Waals surface area contributed by atoms with Gasteiger partial charge in [0.15, 0.2) is 0 Å². The molecule has 0 saturated carbocycles. The molecule has 0 aliphatic rings. The summed E-state index contributed by atoms with van der Waals surface area (Å²) in [6.45, 7) is 0. The van der Waals surface area contributed by atoms with E-state index >= 15 is 0 Å². The number of nitrogens with two attached hydrogens (primary N) is 1. The lowest BCUT2D eigenvalue weighted by molar-refractivity contribution is 0.983. The Morgan fingerprint density at radius 1 is 1.62 bits per heavy atom. The first-order valence-corrected chi connectivity index (χ1v) is 5.32. The Hall–Kier alpha value is -1.14. The van der Waals surface area contributed by atoms with E-state index in [1.807, 2.05) is 30.5 Å². The van der Waals surface area contributed by atoms with Crippen LogP contribution in [-0.4, -0.2) is 6.26 Å². The molecule has 1 aromatic carbocycles. The van der Waals surface area contributed by atoms with Crippen molar-refractivity contribution in [3.05, 3.63) is 29.8 Å². The summed E-state index contributed by atoms with van der Waals surface area (Å²) in [5, 5.41) is 8.85. The number of nitrogens with zero attached hydrogens (tertiary/aromatic N) is 1. The van der Waals surface area contributed by atoms with Crippen molar-refractivity contribution >= 4 is 17.4 Å². The molecule has 2 nitrogen and oxygen atoms in total. The first-order valence-electron chi connectivity index (χ1n) is 4.03. The second-order valence-electron chi connectivity index (χ2n) is 2.76. The minimum Gasteiger partial charge on any atom is -0.399 e. The number of hydrogen-bond acceptors (Lipinski definition) is 3. The summed E-state index contributed by atoms with van der Waals surface area (Å²) in [4.78, 5) is 0. The molecule has 13 heavy (non-hydrogen) atoms. The normalized spacial score (nSPS) is 12.0. The molecule has 1 unspecified atom stereocenters. The number of anilines is 1. The Morgan fingerprint density at radius 3 is 2.92 bits per heavy atom. The highest BCUT2D eigenvalue weighted by Gasteiger charge is 2.08. The van der Waals surface area contributed by atoms with Crippen molar-refractivity contribution in [3.8, 4) is 6.07 Å². The first-order chi connectivity index (χ1) is 6.27. The van der Waals surface area contributed by atoms with Gasteiger partial charge in [-0.25, -0.2) is 0 Å². The zero-order chi connectivity index (χ0) is 9.68. The molecule has 0 fully saturated rings. The number of nitrogen functional groups attached to an aromatic ring is 1. The SMILES string of the molecule is CSC(CC#N)c1cccc(N)c1. The van der Waals surface area contributed by atoms with Crippen molar-refractivity contribution in [2.75, 3.05) is 12.0 Å². The van der Waals surface area contributed by atoms with E-state index in [1.54, 1.807) is 11.8 Å². The Morgan fingerprint density at radius 2 is 2.38 bits per heavy atom. The van der Waals surface area contributed by atoms with Crippen molar-refractivity contribution < 1.29 is 0 Å². The molecule has 0 aliphatic heterocycles. The van der Waals surface area contributed by atoms with Crippen LogP contribution >= 0.6 is 11.8 Å². The van der Waals surface area contributed by atoms with Gasteiger partial charge in [-0.05, 0) is 24.0 Å². The van der Waals surface area contributed by atoms with Gasteiger partial charge in [-0.1, -0.05) is 12.1 Å². The smallest absolute Gasteiger partial charge is 0.0636 e. The summed E-state index contributed by atoms with van der Waals surface area (Å²) in [5.74, 6) is 0. The van der Waals surface area contributed by atoms with Gasteiger partial charge in [-0.15, -0.1) is 0 Å². The van der Waals surface area contributed by atoms with Crippen molar-refractivity contribution in [2.24, 2.45) is 0 Å². The maximum atomic E-state index is 8.60. The third kappa shape index (κ3) is 2.67. The molecule has 1 aromatic rings. The van der Waals surface area contributed by atoms with Crippen LogP contribution in [0.2, 0.25) is 0 Å². The Kier molecular flexibility index (Phi) is 3.66. The van der Waals surface area contributed by atoms with E-state index in [0.717, 1.165) is 11.3 Å². The van der Waals surface area contributed by atoms with E-state index in [4.69, 9.17) is 11.0 Å². The Labute approximate surface area is 82.7 Å². The van der Waals surface area contributed by atoms with E-state index in [1.165, 1.54) is 0 Å². The molecule has 3 heteroatoms. The number of hydrogen-bond donors (Lipinski definition) is 1. The number of thioether (sulfide) groups is 1. The van der Waals surface area contributed by atoms with E-state index in [0.29, 0.717) is 6.42 Å². The number of nitriles is 1. The van der Waals surface area contributed by atoms with Crippen LogP contribution in [0.25, 0.3) is 0 Å². The van der Waals surface area contributed by atoms with Gasteiger partial charge >= 0.3 is 0 Å². The topological polar surface area (TPSA) is 49.8 Å². The summed E-state index contributed by atoms with van der Waals surface area (Å²) < 4.78 is 0. The Balaban J connectivity index is 2.86. The lowest BCUT2D eigenvalue weighted by Crippen LogP contribution is -1.94. The summed E-state index contributed by atoms with van der Waals surface area (Å²) in [5.41, 5.74) is 7.55. The molecule has 0 radical (unpaired) electrons. The number of rotatable bonds is 3. The van der Waals surface area contributed by atoms with Crippen molar-refractivity contribution in [2.45, 2.75) is 11.7 Å². The predicted octanol–water partition coefficient (Wildman–Crippen LogP) is 2.59. The zero-order valence-corrected chi connectivity index (χ0v) is 8.34. The zero-order valence-electron chi connectivity index (χ0n) is 7.53.